The molecule has 0 aliphatic rings. The lowest BCUT2D eigenvalue weighted by Crippen LogP contribution is -2.13. The first-order chi connectivity index (χ1) is 10.8. The number of anilines is 1. The minimum atomic E-state index is -0.326. The minimum absolute atomic E-state index is 0.246. The quantitative estimate of drug-likeness (QED) is 0.630. The first kappa shape index (κ1) is 12.8. The van der Waals surface area contributed by atoms with Gasteiger partial charge in [-0.2, -0.15) is 0 Å². The number of nitrogens with one attached hydrogen (secondary N) is 1. The van der Waals surface area contributed by atoms with Crippen molar-refractivity contribution in [3.63, 3.8) is 0 Å². The lowest BCUT2D eigenvalue weighted by molar-refractivity contribution is 0.0996. The standard InChI is InChI=1S/C15H10N4O2S/c20-14(10-4-1-8-21-10)18-13-12(11-5-2-9-22-11)17-15-16-6-3-7-19(13)15/h1-9H,(H,18,20). The van der Waals surface area contributed by atoms with Gasteiger partial charge in [0.15, 0.2) is 5.76 Å². The Balaban J connectivity index is 1.84. The Morgan fingerprint density at radius 3 is 3.00 bits per heavy atom. The smallest absolute Gasteiger partial charge is 0.292 e. The number of imidazole rings is 1. The van der Waals surface area contributed by atoms with E-state index in [4.69, 9.17) is 4.42 Å². The third-order valence-electron chi connectivity index (χ3n) is 3.14. The van der Waals surface area contributed by atoms with E-state index in [2.05, 4.69) is 15.3 Å². The van der Waals surface area contributed by atoms with Crippen molar-refractivity contribution in [2.75, 3.05) is 5.32 Å². The molecular formula is C15H10N4O2S. The molecule has 0 fully saturated rings. The molecule has 0 aromatic carbocycles. The number of fused-ring (bicyclic) bond motifs is 1. The highest BCUT2D eigenvalue weighted by Gasteiger charge is 2.19. The van der Waals surface area contributed by atoms with Crippen LogP contribution in [0.3, 0.4) is 0 Å². The van der Waals surface area contributed by atoms with Crippen molar-refractivity contribution in [1.82, 2.24) is 14.4 Å². The van der Waals surface area contributed by atoms with Crippen molar-refractivity contribution in [2.45, 2.75) is 0 Å². The Hall–Kier alpha value is -2.93. The van der Waals surface area contributed by atoms with Gasteiger partial charge in [-0.15, -0.1) is 11.3 Å². The van der Waals surface area contributed by atoms with Gasteiger partial charge in [0.1, 0.15) is 11.5 Å². The molecule has 6 nitrogen and oxygen atoms in total. The second kappa shape index (κ2) is 5.12. The van der Waals surface area contributed by atoms with Crippen LogP contribution in [0.1, 0.15) is 10.6 Å². The van der Waals surface area contributed by atoms with Crippen LogP contribution in [-0.4, -0.2) is 20.3 Å². The summed E-state index contributed by atoms with van der Waals surface area (Å²) in [6.45, 7) is 0. The first-order valence-electron chi connectivity index (χ1n) is 6.55. The Labute approximate surface area is 129 Å². The van der Waals surface area contributed by atoms with Crippen molar-refractivity contribution >= 4 is 28.8 Å². The number of amides is 1. The van der Waals surface area contributed by atoms with E-state index in [-0.39, 0.29) is 11.7 Å². The van der Waals surface area contributed by atoms with Gasteiger partial charge in [-0.3, -0.25) is 9.20 Å². The number of rotatable bonds is 3. The van der Waals surface area contributed by atoms with Crippen LogP contribution in [0.4, 0.5) is 5.82 Å². The molecule has 7 heteroatoms. The number of thiophene rings is 1. The van der Waals surface area contributed by atoms with Gasteiger partial charge in [0.2, 0.25) is 5.78 Å². The van der Waals surface area contributed by atoms with E-state index in [1.807, 2.05) is 23.7 Å². The van der Waals surface area contributed by atoms with Gasteiger partial charge >= 0.3 is 0 Å². The second-order valence-corrected chi connectivity index (χ2v) is 5.46. The van der Waals surface area contributed by atoms with E-state index in [9.17, 15) is 4.79 Å². The third kappa shape index (κ3) is 2.08. The van der Waals surface area contributed by atoms with Crippen molar-refractivity contribution in [3.8, 4) is 10.6 Å². The Kier molecular flexibility index (Phi) is 2.97. The van der Waals surface area contributed by atoms with E-state index in [0.29, 0.717) is 17.3 Å². The van der Waals surface area contributed by atoms with Crippen LogP contribution in [0.15, 0.2) is 58.8 Å². The molecule has 4 rings (SSSR count). The van der Waals surface area contributed by atoms with E-state index in [1.54, 1.807) is 40.1 Å². The zero-order valence-corrected chi connectivity index (χ0v) is 12.1. The molecule has 0 bridgehead atoms. The molecule has 22 heavy (non-hydrogen) atoms. The maximum Gasteiger partial charge on any atom is 0.292 e. The molecule has 4 heterocycles. The average Bonchev–Trinajstić information content (AvgIpc) is 3.28. The third-order valence-corrected chi connectivity index (χ3v) is 4.01. The van der Waals surface area contributed by atoms with Crippen molar-refractivity contribution in [2.24, 2.45) is 0 Å². The highest BCUT2D eigenvalue weighted by molar-refractivity contribution is 7.13. The number of aromatic nitrogens is 3. The average molecular weight is 310 g/mol. The van der Waals surface area contributed by atoms with Crippen molar-refractivity contribution in [1.29, 1.82) is 0 Å². The van der Waals surface area contributed by atoms with Crippen molar-refractivity contribution < 1.29 is 9.21 Å². The van der Waals surface area contributed by atoms with Gasteiger partial charge < -0.3 is 9.73 Å². The molecule has 0 saturated heterocycles. The van der Waals surface area contributed by atoms with Gasteiger partial charge in [-0.25, -0.2) is 9.97 Å². The van der Waals surface area contributed by atoms with Gasteiger partial charge in [-0.1, -0.05) is 6.07 Å². The lowest BCUT2D eigenvalue weighted by Gasteiger charge is -2.04. The fraction of sp³-hybridized carbons (Fsp3) is 0. The molecule has 1 N–H and O–H groups in total. The molecule has 4 aromatic rings. The topological polar surface area (TPSA) is 72.4 Å². The summed E-state index contributed by atoms with van der Waals surface area (Å²) in [7, 11) is 0. The summed E-state index contributed by atoms with van der Waals surface area (Å²) >= 11 is 1.55. The lowest BCUT2D eigenvalue weighted by atomic mass is 10.3. The SMILES string of the molecule is O=C(Nc1c(-c2cccs2)nc2ncccn12)c1ccco1. The van der Waals surface area contributed by atoms with Crippen LogP contribution >= 0.6 is 11.3 Å². The van der Waals surface area contributed by atoms with Gasteiger partial charge in [0.25, 0.3) is 5.91 Å². The van der Waals surface area contributed by atoms with Gasteiger partial charge in [0.05, 0.1) is 11.1 Å². The molecule has 108 valence electrons. The summed E-state index contributed by atoms with van der Waals surface area (Å²) in [5, 5.41) is 4.82. The molecule has 0 aliphatic heterocycles. The summed E-state index contributed by atoms with van der Waals surface area (Å²) < 4.78 is 6.88. The highest BCUT2D eigenvalue weighted by Crippen LogP contribution is 2.31. The normalized spacial score (nSPS) is 10.9. The Morgan fingerprint density at radius 1 is 1.27 bits per heavy atom. The minimum Gasteiger partial charge on any atom is -0.459 e. The van der Waals surface area contributed by atoms with Gasteiger partial charge in [0, 0.05) is 12.4 Å². The molecule has 1 amide bonds. The van der Waals surface area contributed by atoms with E-state index in [0.717, 1.165) is 4.88 Å². The monoisotopic (exact) mass is 310 g/mol. The number of hydrogen-bond acceptors (Lipinski definition) is 5. The van der Waals surface area contributed by atoms with E-state index < -0.39 is 0 Å². The molecule has 4 aromatic heterocycles. The zero-order chi connectivity index (χ0) is 14.9. The number of carbonyl (C=O) groups excluding carboxylic acids is 1. The molecule has 0 aliphatic carbocycles. The maximum absolute atomic E-state index is 12.3. The highest BCUT2D eigenvalue weighted by atomic mass is 32.1. The number of furan rings is 1. The Morgan fingerprint density at radius 2 is 2.23 bits per heavy atom. The molecular weight excluding hydrogens is 300 g/mol. The van der Waals surface area contributed by atoms with E-state index in [1.165, 1.54) is 6.26 Å². The van der Waals surface area contributed by atoms with Crippen LogP contribution in [0, 0.1) is 0 Å². The maximum atomic E-state index is 12.3. The molecule has 0 radical (unpaired) electrons. The molecule has 0 atom stereocenters. The van der Waals surface area contributed by atoms with Crippen molar-refractivity contribution in [3.05, 3.63) is 60.1 Å². The van der Waals surface area contributed by atoms with Crippen LogP contribution < -0.4 is 5.32 Å². The summed E-state index contributed by atoms with van der Waals surface area (Å²) in [4.78, 5) is 22.0. The summed E-state index contributed by atoms with van der Waals surface area (Å²) in [5.74, 6) is 1.03. The zero-order valence-electron chi connectivity index (χ0n) is 11.3. The largest absolute Gasteiger partial charge is 0.459 e. The number of hydrogen-bond donors (Lipinski definition) is 1. The number of nitrogens with zero attached hydrogens (tertiary/aromatic N) is 3. The second-order valence-electron chi connectivity index (χ2n) is 4.51. The fourth-order valence-electron chi connectivity index (χ4n) is 2.17. The molecule has 0 unspecified atom stereocenters. The predicted molar refractivity (Wildman–Crippen MR) is 83.0 cm³/mol. The van der Waals surface area contributed by atoms with Crippen LogP contribution in [-0.2, 0) is 0 Å². The fourth-order valence-corrected chi connectivity index (χ4v) is 2.88. The van der Waals surface area contributed by atoms with Crippen LogP contribution in [0.25, 0.3) is 16.3 Å². The Bertz CT molecular complexity index is 926. The summed E-state index contributed by atoms with van der Waals surface area (Å²) in [6, 6.07) is 8.97. The first-order valence-corrected chi connectivity index (χ1v) is 7.43. The molecule has 0 spiro atoms. The van der Waals surface area contributed by atoms with Gasteiger partial charge in [-0.05, 0) is 29.6 Å². The summed E-state index contributed by atoms with van der Waals surface area (Å²) in [6.07, 6.45) is 4.94. The molecule has 0 saturated carbocycles. The predicted octanol–water partition coefficient (Wildman–Crippen LogP) is 3.30. The summed E-state index contributed by atoms with van der Waals surface area (Å²) in [5.41, 5.74) is 0.689. The van der Waals surface area contributed by atoms with Crippen LogP contribution in [0.2, 0.25) is 0 Å². The number of carbonyl (C=O) groups is 1. The van der Waals surface area contributed by atoms with E-state index >= 15 is 0 Å². The van der Waals surface area contributed by atoms with Crippen LogP contribution in [0.5, 0.6) is 0 Å².